The third-order valence-corrected chi connectivity index (χ3v) is 3.29. The van der Waals surface area contributed by atoms with Gasteiger partial charge in [0.1, 0.15) is 5.82 Å². The number of amides is 1. The number of hydrogen-bond donors (Lipinski definition) is 2. The van der Waals surface area contributed by atoms with Gasteiger partial charge in [0.2, 0.25) is 5.91 Å². The summed E-state index contributed by atoms with van der Waals surface area (Å²) in [5.74, 6) is -0.906. The number of carboxylic acid groups (broad SMARTS) is 1. The quantitative estimate of drug-likeness (QED) is 0.832. The van der Waals surface area contributed by atoms with Crippen LogP contribution in [0.3, 0.4) is 0 Å². The van der Waals surface area contributed by atoms with E-state index < -0.39 is 5.97 Å². The van der Waals surface area contributed by atoms with E-state index in [0.29, 0.717) is 23.3 Å². The number of rotatable bonds is 6. The Balaban J connectivity index is 2.19. The van der Waals surface area contributed by atoms with Crippen LogP contribution >= 0.6 is 0 Å². The molecule has 0 aliphatic carbocycles. The highest BCUT2D eigenvalue weighted by Crippen LogP contribution is 2.08. The second-order valence-corrected chi connectivity index (χ2v) is 4.83. The van der Waals surface area contributed by atoms with E-state index in [0.717, 1.165) is 0 Å². The molecule has 2 N–H and O–H groups in total. The first kappa shape index (κ1) is 15.7. The summed E-state index contributed by atoms with van der Waals surface area (Å²) in [4.78, 5) is 42.9. The molecule has 1 aromatic carbocycles. The van der Waals surface area contributed by atoms with Crippen molar-refractivity contribution in [2.24, 2.45) is 0 Å². The third-order valence-electron chi connectivity index (χ3n) is 3.29. The van der Waals surface area contributed by atoms with Gasteiger partial charge < -0.3 is 15.0 Å². The summed E-state index contributed by atoms with van der Waals surface area (Å²) >= 11 is 0. The van der Waals surface area contributed by atoms with Crippen molar-refractivity contribution in [1.82, 2.24) is 14.9 Å². The van der Waals surface area contributed by atoms with Gasteiger partial charge >= 0.3 is 5.97 Å². The van der Waals surface area contributed by atoms with Crippen molar-refractivity contribution in [2.45, 2.75) is 26.3 Å². The minimum absolute atomic E-state index is 0.0685. The molecule has 1 aromatic heterocycles. The molecule has 1 amide bonds. The van der Waals surface area contributed by atoms with E-state index in [9.17, 15) is 14.4 Å². The van der Waals surface area contributed by atoms with Gasteiger partial charge in [-0.1, -0.05) is 12.1 Å². The van der Waals surface area contributed by atoms with Gasteiger partial charge in [-0.3, -0.25) is 14.4 Å². The van der Waals surface area contributed by atoms with Crippen molar-refractivity contribution < 1.29 is 14.7 Å². The lowest BCUT2D eigenvalue weighted by molar-refractivity contribution is -0.141. The van der Waals surface area contributed by atoms with E-state index in [-0.39, 0.29) is 30.9 Å². The lowest BCUT2D eigenvalue weighted by atomic mass is 10.2. The van der Waals surface area contributed by atoms with Crippen LogP contribution in [0.15, 0.2) is 29.1 Å². The Hall–Kier alpha value is -2.70. The number of nitrogens with one attached hydrogen (secondary N) is 1. The Morgan fingerprint density at radius 3 is 2.68 bits per heavy atom. The molecule has 0 fully saturated rings. The molecule has 1 heterocycles. The topological polar surface area (TPSA) is 103 Å². The number of aliphatic carboxylic acids is 1. The molecule has 0 spiro atoms. The van der Waals surface area contributed by atoms with Gasteiger partial charge in [-0.15, -0.1) is 0 Å². The number of hydrogen-bond acceptors (Lipinski definition) is 4. The number of fused-ring (bicyclic) bond motifs is 1. The molecular weight excluding hydrogens is 286 g/mol. The number of benzene rings is 1. The molecule has 7 nitrogen and oxygen atoms in total. The lowest BCUT2D eigenvalue weighted by Crippen LogP contribution is -2.32. The standard InChI is InChI=1S/C15H17N3O4/c1-2-18(13(19)7-8-14(20)21)9-12-16-11-6-4-3-5-10(11)15(22)17-12/h3-6H,2,7-9H2,1H3,(H,20,21)(H,16,17,22). The smallest absolute Gasteiger partial charge is 0.303 e. The SMILES string of the molecule is CCN(Cc1nc2ccccc2c(=O)[nH]1)C(=O)CCC(=O)O. The van der Waals surface area contributed by atoms with Crippen LogP contribution in [0.5, 0.6) is 0 Å². The molecule has 0 aliphatic heterocycles. The molecule has 0 atom stereocenters. The number of H-pyrrole nitrogens is 1. The zero-order chi connectivity index (χ0) is 16.1. The van der Waals surface area contributed by atoms with E-state index in [1.807, 2.05) is 0 Å². The summed E-state index contributed by atoms with van der Waals surface area (Å²) in [7, 11) is 0. The number of aromatic nitrogens is 2. The maximum atomic E-state index is 12.0. The summed E-state index contributed by atoms with van der Waals surface area (Å²) < 4.78 is 0. The van der Waals surface area contributed by atoms with E-state index in [2.05, 4.69) is 9.97 Å². The first-order valence-corrected chi connectivity index (χ1v) is 6.98. The molecule has 2 aromatic rings. The fourth-order valence-electron chi connectivity index (χ4n) is 2.14. The van der Waals surface area contributed by atoms with Crippen molar-refractivity contribution in [3.63, 3.8) is 0 Å². The summed E-state index contributed by atoms with van der Waals surface area (Å²) in [6, 6.07) is 6.96. The number of carbonyl (C=O) groups excluding carboxylic acids is 1. The van der Waals surface area contributed by atoms with Crippen LogP contribution in [-0.2, 0) is 16.1 Å². The summed E-state index contributed by atoms with van der Waals surface area (Å²) in [5.41, 5.74) is 0.310. The maximum Gasteiger partial charge on any atom is 0.303 e. The fourth-order valence-corrected chi connectivity index (χ4v) is 2.14. The average Bonchev–Trinajstić information content (AvgIpc) is 2.50. The highest BCUT2D eigenvalue weighted by atomic mass is 16.4. The van der Waals surface area contributed by atoms with Crippen LogP contribution in [-0.4, -0.2) is 38.4 Å². The van der Waals surface area contributed by atoms with Crippen LogP contribution < -0.4 is 5.56 Å². The van der Waals surface area contributed by atoms with Crippen LogP contribution in [0.25, 0.3) is 10.9 Å². The van der Waals surface area contributed by atoms with Gasteiger partial charge in [-0.2, -0.15) is 0 Å². The Kier molecular flexibility index (Phi) is 4.88. The number of aromatic amines is 1. The molecular formula is C15H17N3O4. The number of nitrogens with zero attached hydrogens (tertiary/aromatic N) is 2. The van der Waals surface area contributed by atoms with Gasteiger partial charge in [-0.05, 0) is 19.1 Å². The molecule has 2 rings (SSSR count). The van der Waals surface area contributed by atoms with Crippen molar-refractivity contribution >= 4 is 22.8 Å². The molecule has 0 unspecified atom stereocenters. The highest BCUT2D eigenvalue weighted by Gasteiger charge is 2.15. The second-order valence-electron chi connectivity index (χ2n) is 4.83. The molecule has 0 aliphatic rings. The minimum atomic E-state index is -1.01. The molecule has 0 saturated carbocycles. The average molecular weight is 303 g/mol. The van der Waals surface area contributed by atoms with Crippen molar-refractivity contribution in [3.05, 3.63) is 40.4 Å². The van der Waals surface area contributed by atoms with Gasteiger partial charge in [-0.25, -0.2) is 4.98 Å². The van der Waals surface area contributed by atoms with Gasteiger partial charge in [0.25, 0.3) is 5.56 Å². The zero-order valence-corrected chi connectivity index (χ0v) is 12.2. The Bertz CT molecular complexity index is 754. The van der Waals surface area contributed by atoms with Crippen molar-refractivity contribution in [3.8, 4) is 0 Å². The fraction of sp³-hybridized carbons (Fsp3) is 0.333. The van der Waals surface area contributed by atoms with Gasteiger partial charge in [0.15, 0.2) is 0 Å². The highest BCUT2D eigenvalue weighted by molar-refractivity contribution is 5.81. The van der Waals surface area contributed by atoms with E-state index in [4.69, 9.17) is 5.11 Å². The summed E-state index contributed by atoms with van der Waals surface area (Å²) in [6.07, 6.45) is -0.280. The first-order valence-electron chi connectivity index (χ1n) is 6.98. The second kappa shape index (κ2) is 6.84. The van der Waals surface area contributed by atoms with E-state index in [1.54, 1.807) is 31.2 Å². The monoisotopic (exact) mass is 303 g/mol. The largest absolute Gasteiger partial charge is 0.481 e. The van der Waals surface area contributed by atoms with Crippen molar-refractivity contribution in [2.75, 3.05) is 6.54 Å². The van der Waals surface area contributed by atoms with Crippen LogP contribution in [0.2, 0.25) is 0 Å². The molecule has 7 heteroatoms. The van der Waals surface area contributed by atoms with E-state index >= 15 is 0 Å². The maximum absolute atomic E-state index is 12.0. The Morgan fingerprint density at radius 2 is 2.00 bits per heavy atom. The van der Waals surface area contributed by atoms with Gasteiger partial charge in [0.05, 0.1) is 23.9 Å². The molecule has 0 bridgehead atoms. The molecule has 22 heavy (non-hydrogen) atoms. The zero-order valence-electron chi connectivity index (χ0n) is 12.2. The normalized spacial score (nSPS) is 10.6. The number of carboxylic acids is 1. The van der Waals surface area contributed by atoms with Crippen LogP contribution in [0.4, 0.5) is 0 Å². The van der Waals surface area contributed by atoms with Crippen LogP contribution in [0, 0.1) is 0 Å². The predicted octanol–water partition coefficient (Wildman–Crippen LogP) is 1.14. The Morgan fingerprint density at radius 1 is 1.27 bits per heavy atom. The number of carbonyl (C=O) groups is 2. The molecule has 0 saturated heterocycles. The van der Waals surface area contributed by atoms with E-state index in [1.165, 1.54) is 4.90 Å². The van der Waals surface area contributed by atoms with Crippen LogP contribution in [0.1, 0.15) is 25.6 Å². The Labute approximate surface area is 126 Å². The molecule has 116 valence electrons. The third kappa shape index (κ3) is 3.69. The minimum Gasteiger partial charge on any atom is -0.481 e. The summed E-state index contributed by atoms with van der Waals surface area (Å²) in [5, 5.41) is 9.12. The van der Waals surface area contributed by atoms with Crippen molar-refractivity contribution in [1.29, 1.82) is 0 Å². The molecule has 0 radical (unpaired) electrons. The van der Waals surface area contributed by atoms with Gasteiger partial charge in [0, 0.05) is 13.0 Å². The predicted molar refractivity (Wildman–Crippen MR) is 80.3 cm³/mol. The first-order chi connectivity index (χ1) is 10.5. The summed E-state index contributed by atoms with van der Waals surface area (Å²) in [6.45, 7) is 2.35. The number of para-hydroxylation sites is 1. The lowest BCUT2D eigenvalue weighted by Gasteiger charge is -2.20.